The number of carbonyl (C=O) groups excluding carboxylic acids is 2. The summed E-state index contributed by atoms with van der Waals surface area (Å²) >= 11 is 0. The van der Waals surface area contributed by atoms with E-state index in [0.717, 1.165) is 51.4 Å². The van der Waals surface area contributed by atoms with E-state index in [-0.39, 0.29) is 38.6 Å². The molecule has 9 nitrogen and oxygen atoms in total. The molecule has 3 N–H and O–H groups in total. The number of esters is 2. The summed E-state index contributed by atoms with van der Waals surface area (Å²) in [7, 11) is -4.38. The van der Waals surface area contributed by atoms with Crippen LogP contribution in [0.1, 0.15) is 354 Å². The van der Waals surface area contributed by atoms with Crippen LogP contribution in [0.5, 0.6) is 0 Å². The van der Waals surface area contributed by atoms with Crippen molar-refractivity contribution in [1.29, 1.82) is 0 Å². The van der Waals surface area contributed by atoms with Crippen LogP contribution in [0, 0.1) is 0 Å². The molecule has 0 bridgehead atoms. The summed E-state index contributed by atoms with van der Waals surface area (Å²) in [6.45, 7) is 3.80. The second kappa shape index (κ2) is 61.0. The van der Waals surface area contributed by atoms with E-state index in [0.29, 0.717) is 6.42 Å². The third-order valence-corrected chi connectivity index (χ3v) is 15.9. The van der Waals surface area contributed by atoms with Gasteiger partial charge in [0.15, 0.2) is 6.10 Å². The van der Waals surface area contributed by atoms with E-state index in [9.17, 15) is 19.0 Å². The van der Waals surface area contributed by atoms with Crippen molar-refractivity contribution in [2.45, 2.75) is 360 Å². The van der Waals surface area contributed by atoms with Crippen LogP contribution in [0.2, 0.25) is 0 Å². The van der Waals surface area contributed by atoms with Gasteiger partial charge in [-0.25, -0.2) is 4.57 Å². The fourth-order valence-corrected chi connectivity index (χ4v) is 10.8. The molecule has 0 aromatic carbocycles. The Kier molecular flexibility index (Phi) is 59.9. The molecule has 0 rings (SSSR count). The molecule has 0 radical (unpaired) electrons. The first-order chi connectivity index (χ1) is 36.3. The van der Waals surface area contributed by atoms with E-state index in [1.165, 1.54) is 270 Å². The van der Waals surface area contributed by atoms with Crippen molar-refractivity contribution in [3.63, 3.8) is 0 Å². The lowest BCUT2D eigenvalue weighted by molar-refractivity contribution is -0.161. The van der Waals surface area contributed by atoms with Crippen molar-refractivity contribution in [3.05, 3.63) is 12.2 Å². The van der Waals surface area contributed by atoms with E-state index < -0.39 is 26.5 Å². The number of rotatable bonds is 63. The minimum atomic E-state index is -4.38. The van der Waals surface area contributed by atoms with Gasteiger partial charge in [-0.05, 0) is 38.5 Å². The number of ether oxygens (including phenoxy) is 2. The van der Waals surface area contributed by atoms with Crippen LogP contribution in [0.15, 0.2) is 12.2 Å². The normalized spacial score (nSPS) is 13.0. The van der Waals surface area contributed by atoms with Gasteiger partial charge in [-0.15, -0.1) is 0 Å². The van der Waals surface area contributed by atoms with Gasteiger partial charge in [0.25, 0.3) is 0 Å². The molecule has 0 aliphatic heterocycles. The van der Waals surface area contributed by atoms with E-state index in [1.54, 1.807) is 0 Å². The zero-order valence-electron chi connectivity index (χ0n) is 49.4. The van der Waals surface area contributed by atoms with Crippen LogP contribution in [0.25, 0.3) is 0 Å². The molecule has 0 fully saturated rings. The Labute approximate surface area is 460 Å². The topological polar surface area (TPSA) is 134 Å². The summed E-state index contributed by atoms with van der Waals surface area (Å²) in [4.78, 5) is 35.2. The molecule has 0 aromatic heterocycles. The maximum absolute atomic E-state index is 12.7. The number of carbonyl (C=O) groups is 2. The molecule has 74 heavy (non-hydrogen) atoms. The van der Waals surface area contributed by atoms with Gasteiger partial charge in [-0.3, -0.25) is 18.6 Å². The Morgan fingerprint density at radius 2 is 0.662 bits per heavy atom. The van der Waals surface area contributed by atoms with Gasteiger partial charge in [-0.1, -0.05) is 315 Å². The third kappa shape index (κ3) is 60.0. The van der Waals surface area contributed by atoms with Crippen LogP contribution in [0.3, 0.4) is 0 Å². The maximum Gasteiger partial charge on any atom is 0.472 e. The molecule has 0 heterocycles. The van der Waals surface area contributed by atoms with Crippen LogP contribution in [0.4, 0.5) is 0 Å². The Morgan fingerprint density at radius 3 is 0.959 bits per heavy atom. The predicted molar refractivity (Wildman–Crippen MR) is 317 cm³/mol. The molecular weight excluding hydrogens is 942 g/mol. The summed E-state index contributed by atoms with van der Waals surface area (Å²) in [6, 6.07) is 0. The fourth-order valence-electron chi connectivity index (χ4n) is 10.0. The standard InChI is InChI=1S/C64H126NO8P/c1-3-5-7-9-11-13-15-17-19-21-22-23-24-25-26-27-28-29-30-31-32-33-34-35-36-37-38-39-40-41-43-44-46-48-50-52-54-56-63(66)70-60-62(61-72-74(68,69)71-59-58-65)73-64(67)57-55-53-51-49-47-45-42-20-18-16-14-12-10-8-6-4-2/h20,42,62H,3-19,21-41,43-61,65H2,1-2H3,(H,68,69)/b42-20-. The van der Waals surface area contributed by atoms with Gasteiger partial charge >= 0.3 is 19.8 Å². The molecular formula is C64H126NO8P. The van der Waals surface area contributed by atoms with Crippen molar-refractivity contribution in [3.8, 4) is 0 Å². The number of hydrogen-bond acceptors (Lipinski definition) is 8. The van der Waals surface area contributed by atoms with Gasteiger partial charge < -0.3 is 20.1 Å². The Hall–Kier alpha value is -1.25. The number of nitrogens with two attached hydrogens (primary N) is 1. The Bertz CT molecular complexity index is 1220. The number of hydrogen-bond donors (Lipinski definition) is 2. The van der Waals surface area contributed by atoms with Gasteiger partial charge in [0.05, 0.1) is 13.2 Å². The lowest BCUT2D eigenvalue weighted by Gasteiger charge is -2.19. The van der Waals surface area contributed by atoms with Gasteiger partial charge in [-0.2, -0.15) is 0 Å². The highest BCUT2D eigenvalue weighted by molar-refractivity contribution is 7.47. The van der Waals surface area contributed by atoms with E-state index in [4.69, 9.17) is 24.3 Å². The number of allylic oxidation sites excluding steroid dienone is 2. The second-order valence-electron chi connectivity index (χ2n) is 22.3. The van der Waals surface area contributed by atoms with Crippen molar-refractivity contribution in [2.75, 3.05) is 26.4 Å². The monoisotopic (exact) mass is 1070 g/mol. The zero-order chi connectivity index (χ0) is 53.8. The first-order valence-electron chi connectivity index (χ1n) is 32.7. The summed E-state index contributed by atoms with van der Waals surface area (Å²) in [5.41, 5.74) is 5.38. The van der Waals surface area contributed by atoms with E-state index >= 15 is 0 Å². The molecule has 0 amide bonds. The number of unbranched alkanes of at least 4 members (excludes halogenated alkanes) is 48. The van der Waals surface area contributed by atoms with Crippen molar-refractivity contribution in [2.24, 2.45) is 5.73 Å². The first-order valence-corrected chi connectivity index (χ1v) is 34.2. The minimum Gasteiger partial charge on any atom is -0.462 e. The number of phosphoric ester groups is 1. The summed E-state index contributed by atoms with van der Waals surface area (Å²) in [6.07, 6.45) is 71.8. The minimum absolute atomic E-state index is 0.0553. The van der Waals surface area contributed by atoms with Gasteiger partial charge in [0.1, 0.15) is 6.61 Å². The first kappa shape index (κ1) is 72.8. The maximum atomic E-state index is 12.7. The van der Waals surface area contributed by atoms with Gasteiger partial charge in [0, 0.05) is 19.4 Å². The average Bonchev–Trinajstić information content (AvgIpc) is 3.39. The summed E-state index contributed by atoms with van der Waals surface area (Å²) < 4.78 is 33.0. The molecule has 0 saturated heterocycles. The highest BCUT2D eigenvalue weighted by Gasteiger charge is 2.26. The predicted octanol–water partition coefficient (Wildman–Crippen LogP) is 20.8. The lowest BCUT2D eigenvalue weighted by atomic mass is 10.0. The fraction of sp³-hybridized carbons (Fsp3) is 0.938. The van der Waals surface area contributed by atoms with Crippen LogP contribution >= 0.6 is 7.82 Å². The smallest absolute Gasteiger partial charge is 0.462 e. The quantitative estimate of drug-likeness (QED) is 0.0264. The molecule has 10 heteroatoms. The molecule has 0 spiro atoms. The lowest BCUT2D eigenvalue weighted by Crippen LogP contribution is -2.29. The largest absolute Gasteiger partial charge is 0.472 e. The molecule has 0 aliphatic rings. The Balaban J connectivity index is 3.73. The molecule has 440 valence electrons. The molecule has 0 aromatic rings. The SMILES string of the molecule is CCCCCCCCC/C=C\CCCCCCCC(=O)OC(COC(=O)CCCCCCCCCCCCCCCCCCCCCCCCCCCCCCCCCCCCCCC)COP(=O)(O)OCCN. The average molecular weight is 1070 g/mol. The van der Waals surface area contributed by atoms with Crippen LogP contribution in [-0.4, -0.2) is 49.3 Å². The van der Waals surface area contributed by atoms with Crippen LogP contribution < -0.4 is 5.73 Å². The highest BCUT2D eigenvalue weighted by atomic mass is 31.2. The summed E-state index contributed by atoms with van der Waals surface area (Å²) in [5, 5.41) is 0. The van der Waals surface area contributed by atoms with Gasteiger partial charge in [0.2, 0.25) is 0 Å². The van der Waals surface area contributed by atoms with E-state index in [1.807, 2.05) is 0 Å². The second-order valence-corrected chi connectivity index (χ2v) is 23.8. The van der Waals surface area contributed by atoms with Crippen molar-refractivity contribution < 1.29 is 37.6 Å². The highest BCUT2D eigenvalue weighted by Crippen LogP contribution is 2.43. The third-order valence-electron chi connectivity index (χ3n) is 14.9. The summed E-state index contributed by atoms with van der Waals surface area (Å²) in [5.74, 6) is -0.818. The molecule has 2 unspecified atom stereocenters. The number of phosphoric acid groups is 1. The van der Waals surface area contributed by atoms with Crippen LogP contribution in [-0.2, 0) is 32.7 Å². The molecule has 2 atom stereocenters. The Morgan fingerprint density at radius 1 is 0.392 bits per heavy atom. The molecule has 0 aliphatic carbocycles. The van der Waals surface area contributed by atoms with E-state index in [2.05, 4.69) is 26.0 Å². The zero-order valence-corrected chi connectivity index (χ0v) is 50.3. The van der Waals surface area contributed by atoms with Crippen molar-refractivity contribution >= 4 is 19.8 Å². The molecule has 0 saturated carbocycles. The van der Waals surface area contributed by atoms with Crippen molar-refractivity contribution in [1.82, 2.24) is 0 Å².